The maximum absolute atomic E-state index is 13.5. The van der Waals surface area contributed by atoms with E-state index < -0.39 is 15.4 Å². The van der Waals surface area contributed by atoms with Crippen molar-refractivity contribution in [1.29, 1.82) is 0 Å². The minimum absolute atomic E-state index is 0.0617. The summed E-state index contributed by atoms with van der Waals surface area (Å²) in [5, 5.41) is 4.27. The molecule has 0 aliphatic carbocycles. The maximum Gasteiger partial charge on any atom is 0.196 e. The van der Waals surface area contributed by atoms with E-state index in [1.165, 1.54) is 30.7 Å². The summed E-state index contributed by atoms with van der Waals surface area (Å²) in [6, 6.07) is 22.7. The molecule has 3 aromatic carbocycles. The molecule has 12 heteroatoms. The zero-order valence-corrected chi connectivity index (χ0v) is 27.3. The van der Waals surface area contributed by atoms with E-state index in [1.807, 2.05) is 60.5 Å². The number of rotatable bonds is 12. The second kappa shape index (κ2) is 13.5. The van der Waals surface area contributed by atoms with Crippen molar-refractivity contribution in [2.75, 3.05) is 31.2 Å². The zero-order chi connectivity index (χ0) is 32.1. The fraction of sp³-hybridized carbons (Fsp3) is 0.206. The summed E-state index contributed by atoms with van der Waals surface area (Å²) in [6.07, 6.45) is 7.28. The first kappa shape index (κ1) is 31.6. The highest BCUT2D eigenvalue weighted by Crippen LogP contribution is 2.38. The van der Waals surface area contributed by atoms with E-state index in [9.17, 15) is 12.8 Å². The molecule has 9 nitrogen and oxygen atoms in total. The van der Waals surface area contributed by atoms with Crippen molar-refractivity contribution in [3.63, 3.8) is 0 Å². The molecule has 5 aromatic rings. The summed E-state index contributed by atoms with van der Waals surface area (Å²) in [6.45, 7) is 1.00. The molecule has 1 N–H and O–H groups in total. The van der Waals surface area contributed by atoms with Gasteiger partial charge in [0.05, 0.1) is 22.0 Å². The number of sulfone groups is 1. The summed E-state index contributed by atoms with van der Waals surface area (Å²) in [5.74, 6) is 0.867. The maximum atomic E-state index is 13.5. The number of fused-ring (bicyclic) bond motifs is 1. The Bertz CT molecular complexity index is 1990. The molecule has 0 saturated heterocycles. The molecule has 236 valence electrons. The smallest absolute Gasteiger partial charge is 0.196 e. The minimum atomic E-state index is -3.52. The Kier molecular flexibility index (Phi) is 9.29. The molecule has 1 unspecified atom stereocenters. The predicted octanol–water partition coefficient (Wildman–Crippen LogP) is 6.78. The number of anilines is 2. The van der Waals surface area contributed by atoms with Gasteiger partial charge in [0.2, 0.25) is 0 Å². The van der Waals surface area contributed by atoms with Gasteiger partial charge in [0.25, 0.3) is 0 Å². The van der Waals surface area contributed by atoms with Gasteiger partial charge >= 0.3 is 0 Å². The normalized spacial score (nSPS) is 16.1. The Morgan fingerprint density at radius 3 is 2.70 bits per heavy atom. The van der Waals surface area contributed by atoms with Gasteiger partial charge < -0.3 is 19.7 Å². The number of likely N-dealkylation sites (N-methyl/N-ethyl adjacent to an activating group) is 1. The number of benzene rings is 3. The highest BCUT2D eigenvalue weighted by Gasteiger charge is 2.37. The Morgan fingerprint density at radius 1 is 1.04 bits per heavy atom. The number of hydrogen-bond donors (Lipinski definition) is 1. The van der Waals surface area contributed by atoms with Crippen LogP contribution in [0, 0.1) is 5.82 Å². The molecule has 0 fully saturated rings. The zero-order valence-electron chi connectivity index (χ0n) is 24.9. The lowest BCUT2D eigenvalue weighted by Gasteiger charge is -2.33. The molecular weight excluding hydrogens is 673 g/mol. The topological polar surface area (TPSA) is 107 Å². The standard InChI is InChI=1S/C34H31BrFN5O4S/c1-41(15-17-46(42,43)32-8-2-3-14-37-32)22-34(13-5-16-45-34)25-9-11-30-28(19-25)33(39-23-38-30)40-27-10-12-31(29(35)20-27)44-21-24-6-4-7-26(36)18-24/h2-12,14,16,18-20,23H,13,15,17,21-22H2,1H3,(H,38,39,40). The lowest BCUT2D eigenvalue weighted by atomic mass is 9.89. The van der Waals surface area contributed by atoms with Crippen molar-refractivity contribution in [3.8, 4) is 5.75 Å². The third-order valence-electron chi connectivity index (χ3n) is 7.70. The van der Waals surface area contributed by atoms with Crippen LogP contribution in [-0.4, -0.2) is 54.2 Å². The van der Waals surface area contributed by atoms with Crippen molar-refractivity contribution in [1.82, 2.24) is 19.9 Å². The monoisotopic (exact) mass is 703 g/mol. The van der Waals surface area contributed by atoms with Crippen LogP contribution in [0.5, 0.6) is 5.75 Å². The fourth-order valence-corrected chi connectivity index (χ4v) is 7.09. The second-order valence-electron chi connectivity index (χ2n) is 11.1. The van der Waals surface area contributed by atoms with E-state index in [-0.39, 0.29) is 23.2 Å². The van der Waals surface area contributed by atoms with Crippen molar-refractivity contribution >= 4 is 48.2 Å². The third-order valence-corrected chi connectivity index (χ3v) is 9.92. The van der Waals surface area contributed by atoms with Crippen LogP contribution < -0.4 is 10.1 Å². The van der Waals surface area contributed by atoms with E-state index in [0.717, 1.165) is 32.2 Å². The molecule has 1 atom stereocenters. The highest BCUT2D eigenvalue weighted by atomic mass is 79.9. The Balaban J connectivity index is 1.19. The molecule has 2 aromatic heterocycles. The molecule has 1 aliphatic rings. The summed E-state index contributed by atoms with van der Waals surface area (Å²) >= 11 is 3.58. The molecule has 0 saturated carbocycles. The van der Waals surface area contributed by atoms with E-state index in [2.05, 4.69) is 36.2 Å². The van der Waals surface area contributed by atoms with E-state index in [4.69, 9.17) is 9.47 Å². The van der Waals surface area contributed by atoms with Gasteiger partial charge in [-0.2, -0.15) is 0 Å². The van der Waals surface area contributed by atoms with Gasteiger partial charge in [0.15, 0.2) is 14.9 Å². The van der Waals surface area contributed by atoms with Crippen molar-refractivity contribution < 1.29 is 22.3 Å². The number of ether oxygens (including phenoxy) is 2. The van der Waals surface area contributed by atoms with Crippen LogP contribution in [0.25, 0.3) is 10.9 Å². The lowest BCUT2D eigenvalue weighted by molar-refractivity contribution is 0.0123. The number of aromatic nitrogens is 3. The van der Waals surface area contributed by atoms with Gasteiger partial charge in [-0.15, -0.1) is 0 Å². The number of pyridine rings is 1. The average molecular weight is 705 g/mol. The van der Waals surface area contributed by atoms with Crippen LogP contribution in [0.2, 0.25) is 0 Å². The fourth-order valence-electron chi connectivity index (χ4n) is 5.33. The molecule has 6 rings (SSSR count). The van der Waals surface area contributed by atoms with E-state index >= 15 is 0 Å². The first-order valence-electron chi connectivity index (χ1n) is 14.6. The average Bonchev–Trinajstić information content (AvgIpc) is 3.53. The Hall–Kier alpha value is -4.39. The molecule has 1 aliphatic heterocycles. The number of hydrogen-bond acceptors (Lipinski definition) is 9. The van der Waals surface area contributed by atoms with Gasteiger partial charge in [-0.3, -0.25) is 0 Å². The van der Waals surface area contributed by atoms with Crippen molar-refractivity contribution in [2.24, 2.45) is 0 Å². The third kappa shape index (κ3) is 7.19. The highest BCUT2D eigenvalue weighted by molar-refractivity contribution is 9.10. The van der Waals surface area contributed by atoms with E-state index in [1.54, 1.807) is 24.5 Å². The minimum Gasteiger partial charge on any atom is -0.489 e. The molecular formula is C34H31BrFN5O4S. The molecule has 3 heterocycles. The Morgan fingerprint density at radius 2 is 1.93 bits per heavy atom. The van der Waals surface area contributed by atoms with Gasteiger partial charge in [-0.25, -0.2) is 27.8 Å². The van der Waals surface area contributed by atoms with Gasteiger partial charge in [0, 0.05) is 36.8 Å². The number of nitrogens with one attached hydrogen (secondary N) is 1. The van der Waals surface area contributed by atoms with Gasteiger partial charge in [0.1, 0.15) is 35.9 Å². The van der Waals surface area contributed by atoms with Crippen molar-refractivity contribution in [2.45, 2.75) is 23.7 Å². The lowest BCUT2D eigenvalue weighted by Crippen LogP contribution is -2.40. The summed E-state index contributed by atoms with van der Waals surface area (Å²) in [5.41, 5.74) is 2.47. The largest absolute Gasteiger partial charge is 0.489 e. The SMILES string of the molecule is CN(CCS(=O)(=O)c1ccccn1)CC1(c2ccc3ncnc(Nc4ccc(OCc5cccc(F)c5)c(Br)c4)c3c2)CC=CO1. The summed E-state index contributed by atoms with van der Waals surface area (Å²) in [7, 11) is -1.63. The van der Waals surface area contributed by atoms with Gasteiger partial charge in [-0.05, 0) is 94.8 Å². The van der Waals surface area contributed by atoms with Crippen LogP contribution in [0.1, 0.15) is 17.5 Å². The Labute approximate surface area is 275 Å². The molecule has 0 radical (unpaired) electrons. The molecule has 0 amide bonds. The van der Waals surface area contributed by atoms with Crippen LogP contribution in [0.4, 0.5) is 15.9 Å². The number of halogens is 2. The van der Waals surface area contributed by atoms with Crippen LogP contribution >= 0.6 is 15.9 Å². The quantitative estimate of drug-likeness (QED) is 0.150. The molecule has 46 heavy (non-hydrogen) atoms. The summed E-state index contributed by atoms with van der Waals surface area (Å²) < 4.78 is 52.0. The first-order chi connectivity index (χ1) is 22.2. The van der Waals surface area contributed by atoms with Crippen LogP contribution in [0.15, 0.2) is 113 Å². The molecule has 0 spiro atoms. The number of nitrogens with zero attached hydrogens (tertiary/aromatic N) is 4. The van der Waals surface area contributed by atoms with E-state index in [0.29, 0.717) is 31.1 Å². The van der Waals surface area contributed by atoms with Crippen LogP contribution in [-0.2, 0) is 26.8 Å². The van der Waals surface area contributed by atoms with Crippen molar-refractivity contribution in [3.05, 3.63) is 125 Å². The first-order valence-corrected chi connectivity index (χ1v) is 17.0. The predicted molar refractivity (Wildman–Crippen MR) is 178 cm³/mol. The van der Waals surface area contributed by atoms with Crippen LogP contribution in [0.3, 0.4) is 0 Å². The molecule has 0 bridgehead atoms. The second-order valence-corrected chi connectivity index (χ2v) is 14.0. The van der Waals surface area contributed by atoms with Gasteiger partial charge in [-0.1, -0.05) is 24.3 Å². The summed E-state index contributed by atoms with van der Waals surface area (Å²) in [4.78, 5) is 15.0.